The molecule has 0 unspecified atom stereocenters. The van der Waals surface area contributed by atoms with E-state index in [4.69, 9.17) is 10.00 Å². The molecule has 1 aromatic rings. The van der Waals surface area contributed by atoms with E-state index in [1.54, 1.807) is 0 Å². The second kappa shape index (κ2) is 3.28. The van der Waals surface area contributed by atoms with Gasteiger partial charge in [0.1, 0.15) is 11.6 Å². The standard InChI is InChI=1S/C10H10N2O2/c1-6-7-2-3-14-5-9(7)8(4-11)10(13)12-6/h2-3,5H2,1H3,(H,12,13). The number of aromatic nitrogens is 1. The van der Waals surface area contributed by atoms with E-state index < -0.39 is 0 Å². The van der Waals surface area contributed by atoms with Crippen molar-refractivity contribution < 1.29 is 4.74 Å². The summed E-state index contributed by atoms with van der Waals surface area (Å²) in [7, 11) is 0. The fourth-order valence-electron chi connectivity index (χ4n) is 1.79. The Kier molecular flexibility index (Phi) is 2.10. The molecule has 0 radical (unpaired) electrons. The van der Waals surface area contributed by atoms with Crippen molar-refractivity contribution in [2.45, 2.75) is 20.0 Å². The van der Waals surface area contributed by atoms with Gasteiger partial charge in [-0.15, -0.1) is 0 Å². The second-order valence-electron chi connectivity index (χ2n) is 3.33. The van der Waals surface area contributed by atoms with Crippen LogP contribution >= 0.6 is 0 Å². The average molecular weight is 190 g/mol. The highest BCUT2D eigenvalue weighted by molar-refractivity contribution is 5.43. The van der Waals surface area contributed by atoms with Crippen molar-refractivity contribution >= 4 is 0 Å². The van der Waals surface area contributed by atoms with E-state index in [2.05, 4.69) is 4.98 Å². The van der Waals surface area contributed by atoms with Crippen LogP contribution < -0.4 is 5.56 Å². The van der Waals surface area contributed by atoms with Crippen molar-refractivity contribution in [3.8, 4) is 6.07 Å². The summed E-state index contributed by atoms with van der Waals surface area (Å²) in [5.41, 5.74) is 2.57. The molecule has 0 saturated carbocycles. The Hall–Kier alpha value is -1.60. The number of nitrogens with zero attached hydrogens (tertiary/aromatic N) is 1. The van der Waals surface area contributed by atoms with Gasteiger partial charge < -0.3 is 9.72 Å². The van der Waals surface area contributed by atoms with Gasteiger partial charge in [0.05, 0.1) is 13.2 Å². The molecule has 0 spiro atoms. The van der Waals surface area contributed by atoms with E-state index in [0.29, 0.717) is 13.2 Å². The predicted octanol–water partition coefficient (Wildman–Crippen LogP) is 0.628. The van der Waals surface area contributed by atoms with Gasteiger partial charge in [-0.25, -0.2) is 0 Å². The molecule has 0 atom stereocenters. The number of nitriles is 1. The monoisotopic (exact) mass is 190 g/mol. The minimum atomic E-state index is -0.311. The second-order valence-corrected chi connectivity index (χ2v) is 3.33. The Morgan fingerprint density at radius 3 is 3.00 bits per heavy atom. The van der Waals surface area contributed by atoms with Gasteiger partial charge in [0, 0.05) is 11.3 Å². The molecule has 1 N–H and O–H groups in total. The number of H-pyrrole nitrogens is 1. The predicted molar refractivity (Wildman–Crippen MR) is 49.9 cm³/mol. The highest BCUT2D eigenvalue weighted by Gasteiger charge is 2.18. The minimum Gasteiger partial charge on any atom is -0.376 e. The topological polar surface area (TPSA) is 65.9 Å². The number of ether oxygens (including phenoxy) is 1. The summed E-state index contributed by atoms with van der Waals surface area (Å²) < 4.78 is 5.24. The maximum Gasteiger partial charge on any atom is 0.266 e. The lowest BCUT2D eigenvalue weighted by Gasteiger charge is -2.18. The first-order valence-electron chi connectivity index (χ1n) is 4.46. The van der Waals surface area contributed by atoms with E-state index >= 15 is 0 Å². The van der Waals surface area contributed by atoms with Crippen LogP contribution in [0.1, 0.15) is 22.4 Å². The summed E-state index contributed by atoms with van der Waals surface area (Å²) in [6.45, 7) is 2.89. The van der Waals surface area contributed by atoms with Crippen molar-refractivity contribution in [1.29, 1.82) is 5.26 Å². The molecule has 0 bridgehead atoms. The molecular formula is C10H10N2O2. The maximum absolute atomic E-state index is 11.4. The highest BCUT2D eigenvalue weighted by Crippen LogP contribution is 2.19. The first-order valence-corrected chi connectivity index (χ1v) is 4.46. The lowest BCUT2D eigenvalue weighted by molar-refractivity contribution is 0.110. The number of aromatic amines is 1. The van der Waals surface area contributed by atoms with Crippen LogP contribution in [0.25, 0.3) is 0 Å². The summed E-state index contributed by atoms with van der Waals surface area (Å²) in [4.78, 5) is 14.1. The maximum atomic E-state index is 11.4. The Balaban J connectivity index is 2.75. The molecule has 1 aliphatic heterocycles. The van der Waals surface area contributed by atoms with E-state index in [9.17, 15) is 4.79 Å². The summed E-state index contributed by atoms with van der Waals surface area (Å²) in [6, 6.07) is 1.93. The van der Waals surface area contributed by atoms with Crippen molar-refractivity contribution in [2.24, 2.45) is 0 Å². The Labute approximate surface area is 81.1 Å². The quantitative estimate of drug-likeness (QED) is 0.652. The molecule has 1 aromatic heterocycles. The van der Waals surface area contributed by atoms with E-state index in [0.717, 1.165) is 23.2 Å². The van der Waals surface area contributed by atoms with Crippen LogP contribution in [0.2, 0.25) is 0 Å². The Morgan fingerprint density at radius 1 is 1.50 bits per heavy atom. The van der Waals surface area contributed by atoms with Gasteiger partial charge in [0.15, 0.2) is 0 Å². The third-order valence-corrected chi connectivity index (χ3v) is 2.50. The lowest BCUT2D eigenvalue weighted by Crippen LogP contribution is -2.22. The largest absolute Gasteiger partial charge is 0.376 e. The lowest BCUT2D eigenvalue weighted by atomic mass is 9.98. The Bertz CT molecular complexity index is 468. The van der Waals surface area contributed by atoms with Crippen LogP contribution in [-0.2, 0) is 17.8 Å². The average Bonchev–Trinajstić information content (AvgIpc) is 2.18. The summed E-state index contributed by atoms with van der Waals surface area (Å²) in [6.07, 6.45) is 0.770. The van der Waals surface area contributed by atoms with Crippen LogP contribution in [0.15, 0.2) is 4.79 Å². The van der Waals surface area contributed by atoms with Gasteiger partial charge in [0.25, 0.3) is 5.56 Å². The number of hydrogen-bond donors (Lipinski definition) is 1. The molecule has 1 aliphatic rings. The van der Waals surface area contributed by atoms with E-state index in [-0.39, 0.29) is 11.1 Å². The molecule has 0 amide bonds. The van der Waals surface area contributed by atoms with Gasteiger partial charge in [-0.1, -0.05) is 0 Å². The number of aryl methyl sites for hydroxylation is 1. The third kappa shape index (κ3) is 1.22. The van der Waals surface area contributed by atoms with Crippen LogP contribution in [-0.4, -0.2) is 11.6 Å². The van der Waals surface area contributed by atoms with Crippen LogP contribution in [0, 0.1) is 18.3 Å². The molecule has 0 aromatic carbocycles. The third-order valence-electron chi connectivity index (χ3n) is 2.50. The van der Waals surface area contributed by atoms with Gasteiger partial charge in [-0.05, 0) is 18.9 Å². The fraction of sp³-hybridized carbons (Fsp3) is 0.400. The van der Waals surface area contributed by atoms with Crippen molar-refractivity contribution in [2.75, 3.05) is 6.61 Å². The first kappa shape index (κ1) is 8.97. The molecule has 72 valence electrons. The normalized spacial score (nSPS) is 14.6. The van der Waals surface area contributed by atoms with Gasteiger partial charge in [-0.3, -0.25) is 4.79 Å². The number of nitrogens with one attached hydrogen (secondary N) is 1. The zero-order valence-corrected chi connectivity index (χ0v) is 7.89. The molecule has 4 nitrogen and oxygen atoms in total. The minimum absolute atomic E-state index is 0.199. The van der Waals surface area contributed by atoms with Crippen molar-refractivity contribution in [1.82, 2.24) is 4.98 Å². The van der Waals surface area contributed by atoms with E-state index in [1.165, 1.54) is 0 Å². The summed E-state index contributed by atoms with van der Waals surface area (Å²) in [5.74, 6) is 0. The summed E-state index contributed by atoms with van der Waals surface area (Å²) >= 11 is 0. The molecule has 0 fully saturated rings. The molecule has 14 heavy (non-hydrogen) atoms. The molecule has 0 aliphatic carbocycles. The zero-order chi connectivity index (χ0) is 10.1. The molecule has 2 rings (SSSR count). The van der Waals surface area contributed by atoms with Crippen LogP contribution in [0.3, 0.4) is 0 Å². The first-order chi connectivity index (χ1) is 6.74. The molecular weight excluding hydrogens is 180 g/mol. The molecule has 0 saturated heterocycles. The van der Waals surface area contributed by atoms with Crippen molar-refractivity contribution in [3.05, 3.63) is 32.7 Å². The van der Waals surface area contributed by atoms with Gasteiger partial charge in [-0.2, -0.15) is 5.26 Å². The fourth-order valence-corrected chi connectivity index (χ4v) is 1.79. The van der Waals surface area contributed by atoms with Gasteiger partial charge in [0.2, 0.25) is 0 Å². The highest BCUT2D eigenvalue weighted by atomic mass is 16.5. The number of fused-ring (bicyclic) bond motifs is 1. The molecule has 4 heteroatoms. The Morgan fingerprint density at radius 2 is 2.29 bits per heavy atom. The number of hydrogen-bond acceptors (Lipinski definition) is 3. The smallest absolute Gasteiger partial charge is 0.266 e. The zero-order valence-electron chi connectivity index (χ0n) is 7.89. The number of rotatable bonds is 0. The van der Waals surface area contributed by atoms with Gasteiger partial charge >= 0.3 is 0 Å². The summed E-state index contributed by atoms with van der Waals surface area (Å²) in [5, 5.41) is 8.84. The SMILES string of the molecule is Cc1[nH]c(=O)c(C#N)c2c1CCOC2. The molecule has 2 heterocycles. The number of pyridine rings is 1. The van der Waals surface area contributed by atoms with Crippen LogP contribution in [0.5, 0.6) is 0 Å². The van der Waals surface area contributed by atoms with E-state index in [1.807, 2.05) is 13.0 Å². The van der Waals surface area contributed by atoms with Crippen LogP contribution in [0.4, 0.5) is 0 Å². The van der Waals surface area contributed by atoms with Crippen molar-refractivity contribution in [3.63, 3.8) is 0 Å².